The molecule has 2 rings (SSSR count). The summed E-state index contributed by atoms with van der Waals surface area (Å²) in [7, 11) is -3.67. The van der Waals surface area contributed by atoms with Crippen LogP contribution in [0.5, 0.6) is 0 Å². The Balaban J connectivity index is 1.89. The van der Waals surface area contributed by atoms with Gasteiger partial charge in [0.2, 0.25) is 15.9 Å². The number of nitrogens with one attached hydrogen (secondary N) is 2. The number of aryl methyl sites for hydroxylation is 1. The van der Waals surface area contributed by atoms with E-state index < -0.39 is 21.7 Å². The second-order valence-corrected chi connectivity index (χ2v) is 8.15. The Bertz CT molecular complexity index is 878. The predicted molar refractivity (Wildman–Crippen MR) is 100 cm³/mol. The summed E-state index contributed by atoms with van der Waals surface area (Å²) < 4.78 is 40.3. The van der Waals surface area contributed by atoms with Crippen LogP contribution in [0.25, 0.3) is 0 Å². The zero-order valence-corrected chi connectivity index (χ0v) is 15.9. The molecule has 140 valence electrons. The number of carbonyl (C=O) groups is 1. The molecule has 0 aliphatic rings. The van der Waals surface area contributed by atoms with Gasteiger partial charge >= 0.3 is 0 Å². The van der Waals surface area contributed by atoms with Gasteiger partial charge in [0.1, 0.15) is 5.82 Å². The highest BCUT2D eigenvalue weighted by molar-refractivity contribution is 7.89. The summed E-state index contributed by atoms with van der Waals surface area (Å²) in [4.78, 5) is 12.0. The molecule has 0 fully saturated rings. The van der Waals surface area contributed by atoms with E-state index in [1.165, 1.54) is 6.07 Å². The van der Waals surface area contributed by atoms with Crippen molar-refractivity contribution in [2.24, 2.45) is 0 Å². The molecule has 2 aromatic rings. The van der Waals surface area contributed by atoms with Crippen LogP contribution in [-0.2, 0) is 14.8 Å². The van der Waals surface area contributed by atoms with E-state index in [-0.39, 0.29) is 17.9 Å². The molecular weight excluding hydrogens is 355 g/mol. The van der Waals surface area contributed by atoms with Gasteiger partial charge in [0, 0.05) is 18.7 Å². The number of sulfonamides is 1. The van der Waals surface area contributed by atoms with Crippen LogP contribution in [0.3, 0.4) is 0 Å². The lowest BCUT2D eigenvalue weighted by Gasteiger charge is -2.10. The highest BCUT2D eigenvalue weighted by atomic mass is 32.2. The number of hydrogen-bond donors (Lipinski definition) is 2. The van der Waals surface area contributed by atoms with Crippen molar-refractivity contribution in [3.63, 3.8) is 0 Å². The fraction of sp³-hybridized carbons (Fsp3) is 0.316. The number of anilines is 1. The first kappa shape index (κ1) is 20.1. The molecule has 0 unspecified atom stereocenters. The minimum atomic E-state index is -3.67. The molecule has 0 bridgehead atoms. The van der Waals surface area contributed by atoms with Crippen LogP contribution in [0.2, 0.25) is 0 Å². The molecule has 0 atom stereocenters. The Morgan fingerprint density at radius 3 is 2.35 bits per heavy atom. The van der Waals surface area contributed by atoms with Gasteiger partial charge in [-0.3, -0.25) is 4.79 Å². The molecule has 5 nitrogen and oxygen atoms in total. The Morgan fingerprint density at radius 1 is 1.12 bits per heavy atom. The predicted octanol–water partition coefficient (Wildman–Crippen LogP) is 3.56. The SMILES string of the molecule is Cc1ccc(NC(=O)CCNS(=O)(=O)c2ccc(C(C)C)cc2)cc1F. The van der Waals surface area contributed by atoms with Gasteiger partial charge in [-0.1, -0.05) is 32.0 Å². The molecule has 0 aromatic heterocycles. The average molecular weight is 378 g/mol. The zero-order chi connectivity index (χ0) is 19.3. The van der Waals surface area contributed by atoms with Crippen molar-refractivity contribution in [1.29, 1.82) is 0 Å². The Morgan fingerprint density at radius 2 is 1.77 bits per heavy atom. The summed E-state index contributed by atoms with van der Waals surface area (Å²) in [6.07, 6.45) is -0.0567. The van der Waals surface area contributed by atoms with E-state index in [0.717, 1.165) is 5.56 Å². The lowest BCUT2D eigenvalue weighted by molar-refractivity contribution is -0.116. The van der Waals surface area contributed by atoms with Crippen LogP contribution in [-0.4, -0.2) is 20.9 Å². The van der Waals surface area contributed by atoms with Crippen molar-refractivity contribution in [3.8, 4) is 0 Å². The molecule has 0 radical (unpaired) electrons. The van der Waals surface area contributed by atoms with Crippen LogP contribution in [0.15, 0.2) is 47.4 Å². The maximum Gasteiger partial charge on any atom is 0.240 e. The van der Waals surface area contributed by atoms with Crippen LogP contribution in [0.4, 0.5) is 10.1 Å². The van der Waals surface area contributed by atoms with Crippen LogP contribution in [0, 0.1) is 12.7 Å². The fourth-order valence-electron chi connectivity index (χ4n) is 2.31. The topological polar surface area (TPSA) is 75.3 Å². The van der Waals surface area contributed by atoms with E-state index in [1.807, 2.05) is 13.8 Å². The van der Waals surface area contributed by atoms with Gasteiger partial charge in [0.15, 0.2) is 0 Å². The van der Waals surface area contributed by atoms with E-state index in [2.05, 4.69) is 10.0 Å². The molecule has 26 heavy (non-hydrogen) atoms. The summed E-state index contributed by atoms with van der Waals surface area (Å²) in [6, 6.07) is 11.0. The quantitative estimate of drug-likeness (QED) is 0.773. The van der Waals surface area contributed by atoms with E-state index in [1.54, 1.807) is 43.3 Å². The van der Waals surface area contributed by atoms with Gasteiger partial charge in [-0.15, -0.1) is 0 Å². The molecule has 0 aliphatic heterocycles. The molecule has 0 saturated carbocycles. The number of rotatable bonds is 7. The van der Waals surface area contributed by atoms with Crippen molar-refractivity contribution in [1.82, 2.24) is 4.72 Å². The number of hydrogen-bond acceptors (Lipinski definition) is 3. The number of amides is 1. The first-order valence-electron chi connectivity index (χ1n) is 8.34. The van der Waals surface area contributed by atoms with Crippen molar-refractivity contribution < 1.29 is 17.6 Å². The third-order valence-corrected chi connectivity index (χ3v) is 5.43. The maximum absolute atomic E-state index is 13.5. The third-order valence-electron chi connectivity index (χ3n) is 3.96. The van der Waals surface area contributed by atoms with Gasteiger partial charge < -0.3 is 5.32 Å². The lowest BCUT2D eigenvalue weighted by atomic mass is 10.0. The molecule has 7 heteroatoms. The summed E-state index contributed by atoms with van der Waals surface area (Å²) in [5, 5.41) is 2.54. The standard InChI is InChI=1S/C19H23FN2O3S/c1-13(2)15-5-8-17(9-6-15)26(24,25)21-11-10-19(23)22-16-7-4-14(3)18(20)12-16/h4-9,12-13,21H,10-11H2,1-3H3,(H,22,23). The number of halogens is 1. The fourth-order valence-corrected chi connectivity index (χ4v) is 3.34. The Hall–Kier alpha value is -2.25. The van der Waals surface area contributed by atoms with Crippen molar-refractivity contribution >= 4 is 21.6 Å². The average Bonchev–Trinajstić information content (AvgIpc) is 2.58. The highest BCUT2D eigenvalue weighted by Gasteiger charge is 2.14. The third kappa shape index (κ3) is 5.37. The number of benzene rings is 2. The smallest absolute Gasteiger partial charge is 0.240 e. The van der Waals surface area contributed by atoms with Gasteiger partial charge in [0.25, 0.3) is 0 Å². The normalized spacial score (nSPS) is 11.6. The van der Waals surface area contributed by atoms with Crippen molar-refractivity contribution in [3.05, 3.63) is 59.4 Å². The van der Waals surface area contributed by atoms with E-state index in [9.17, 15) is 17.6 Å². The van der Waals surface area contributed by atoms with Crippen molar-refractivity contribution in [2.45, 2.75) is 38.0 Å². The maximum atomic E-state index is 13.5. The summed E-state index contributed by atoms with van der Waals surface area (Å²) >= 11 is 0. The molecule has 0 aliphatic carbocycles. The van der Waals surface area contributed by atoms with Crippen LogP contribution >= 0.6 is 0 Å². The first-order valence-corrected chi connectivity index (χ1v) is 9.83. The molecule has 1 amide bonds. The first-order chi connectivity index (χ1) is 12.2. The monoisotopic (exact) mass is 378 g/mol. The zero-order valence-electron chi connectivity index (χ0n) is 15.0. The van der Waals surface area contributed by atoms with Gasteiger partial charge in [-0.25, -0.2) is 17.5 Å². The van der Waals surface area contributed by atoms with Gasteiger partial charge in [-0.2, -0.15) is 0 Å². The molecule has 0 heterocycles. The lowest BCUT2D eigenvalue weighted by Crippen LogP contribution is -2.27. The molecule has 2 N–H and O–H groups in total. The van der Waals surface area contributed by atoms with Gasteiger partial charge in [-0.05, 0) is 48.2 Å². The number of carbonyl (C=O) groups excluding carboxylic acids is 1. The Labute approximate surface area is 153 Å². The molecule has 2 aromatic carbocycles. The minimum absolute atomic E-state index is 0.0472. The largest absolute Gasteiger partial charge is 0.326 e. The summed E-state index contributed by atoms with van der Waals surface area (Å²) in [6.45, 7) is 5.64. The molecular formula is C19H23FN2O3S. The van der Waals surface area contributed by atoms with E-state index in [0.29, 0.717) is 17.2 Å². The van der Waals surface area contributed by atoms with Crippen LogP contribution < -0.4 is 10.0 Å². The molecule has 0 saturated heterocycles. The summed E-state index contributed by atoms with van der Waals surface area (Å²) in [5.41, 5.74) is 1.87. The summed E-state index contributed by atoms with van der Waals surface area (Å²) in [5.74, 6) is -0.491. The van der Waals surface area contributed by atoms with E-state index >= 15 is 0 Å². The van der Waals surface area contributed by atoms with E-state index in [4.69, 9.17) is 0 Å². The highest BCUT2D eigenvalue weighted by Crippen LogP contribution is 2.17. The van der Waals surface area contributed by atoms with Gasteiger partial charge in [0.05, 0.1) is 4.90 Å². The Kier molecular flexibility index (Phi) is 6.50. The molecule has 0 spiro atoms. The minimum Gasteiger partial charge on any atom is -0.326 e. The second-order valence-electron chi connectivity index (χ2n) is 6.38. The second kappa shape index (κ2) is 8.42. The van der Waals surface area contributed by atoms with Crippen LogP contribution in [0.1, 0.15) is 37.3 Å². The van der Waals surface area contributed by atoms with Crippen molar-refractivity contribution in [2.75, 3.05) is 11.9 Å².